The van der Waals surface area contributed by atoms with Gasteiger partial charge in [0, 0.05) is 12.5 Å². The summed E-state index contributed by atoms with van der Waals surface area (Å²) in [5.41, 5.74) is 6.07. The van der Waals surface area contributed by atoms with Crippen molar-refractivity contribution < 1.29 is 13.2 Å². The maximum absolute atomic E-state index is 11.8. The molecule has 92 valence electrons. The molecule has 0 radical (unpaired) electrons. The number of carbonyl (C=O) groups excluding carboxylic acids is 1. The lowest BCUT2D eigenvalue weighted by Crippen LogP contribution is -2.36. The third kappa shape index (κ3) is 2.31. The van der Waals surface area contributed by atoms with Gasteiger partial charge in [0.25, 0.3) is 5.91 Å². The molecule has 3 N–H and O–H groups in total. The molecule has 1 aliphatic heterocycles. The van der Waals surface area contributed by atoms with Crippen molar-refractivity contribution in [3.05, 3.63) is 23.4 Å². The second kappa shape index (κ2) is 3.88. The van der Waals surface area contributed by atoms with Crippen LogP contribution in [0.1, 0.15) is 10.5 Å². The number of rotatable bonds is 2. The zero-order valence-electron chi connectivity index (χ0n) is 9.12. The van der Waals surface area contributed by atoms with E-state index in [-0.39, 0.29) is 17.1 Å². The van der Waals surface area contributed by atoms with Gasteiger partial charge < -0.3 is 11.1 Å². The number of hydrogen-bond donors (Lipinski definition) is 2. The van der Waals surface area contributed by atoms with Gasteiger partial charge in [-0.2, -0.15) is 5.10 Å². The first-order chi connectivity index (χ1) is 7.89. The highest BCUT2D eigenvalue weighted by atomic mass is 32.2. The van der Waals surface area contributed by atoms with E-state index in [0.717, 1.165) is 5.41 Å². The van der Waals surface area contributed by atoms with Crippen LogP contribution in [0, 0.1) is 0 Å². The number of nitrogens with zero attached hydrogens (tertiary/aromatic N) is 2. The third-order valence-corrected chi connectivity index (χ3v) is 3.82. The van der Waals surface area contributed by atoms with Gasteiger partial charge in [0.2, 0.25) is 0 Å². The second-order valence-corrected chi connectivity index (χ2v) is 5.74. The van der Waals surface area contributed by atoms with Crippen LogP contribution in [0.4, 0.5) is 5.69 Å². The van der Waals surface area contributed by atoms with E-state index in [2.05, 4.69) is 10.4 Å². The molecule has 0 saturated carbocycles. The zero-order chi connectivity index (χ0) is 12.6. The number of nitrogens with two attached hydrogens (primary N) is 1. The van der Waals surface area contributed by atoms with Crippen LogP contribution in [0.25, 0.3) is 0 Å². The fourth-order valence-corrected chi connectivity index (χ4v) is 2.87. The summed E-state index contributed by atoms with van der Waals surface area (Å²) in [7, 11) is -1.59. The van der Waals surface area contributed by atoms with Crippen molar-refractivity contribution in [1.29, 1.82) is 0 Å². The molecule has 1 aromatic heterocycles. The molecule has 1 atom stereocenters. The van der Waals surface area contributed by atoms with Crippen LogP contribution in [0.2, 0.25) is 0 Å². The highest BCUT2D eigenvalue weighted by molar-refractivity contribution is 7.94. The Bertz CT molecular complexity index is 568. The van der Waals surface area contributed by atoms with Crippen molar-refractivity contribution in [3.63, 3.8) is 0 Å². The highest BCUT2D eigenvalue weighted by Crippen LogP contribution is 2.12. The van der Waals surface area contributed by atoms with Gasteiger partial charge in [0.05, 0.1) is 23.7 Å². The maximum atomic E-state index is 11.8. The molecule has 1 aliphatic rings. The smallest absolute Gasteiger partial charge is 0.272 e. The highest BCUT2D eigenvalue weighted by Gasteiger charge is 2.25. The van der Waals surface area contributed by atoms with Gasteiger partial charge in [-0.3, -0.25) is 9.48 Å². The lowest BCUT2D eigenvalue weighted by atomic mass is 10.3. The number of carbonyl (C=O) groups is 1. The fraction of sp³-hybridized carbons (Fsp3) is 0.333. The third-order valence-electron chi connectivity index (χ3n) is 2.43. The fourth-order valence-electron chi connectivity index (χ4n) is 1.64. The largest absolute Gasteiger partial charge is 0.396 e. The van der Waals surface area contributed by atoms with Gasteiger partial charge in [-0.25, -0.2) is 8.42 Å². The van der Waals surface area contributed by atoms with Gasteiger partial charge in [0.15, 0.2) is 9.84 Å². The second-order valence-electron chi connectivity index (χ2n) is 3.81. The summed E-state index contributed by atoms with van der Waals surface area (Å²) in [6.45, 7) is 0. The van der Waals surface area contributed by atoms with Crippen LogP contribution < -0.4 is 11.1 Å². The minimum atomic E-state index is -3.18. The normalized spacial score (nSPS) is 21.6. The summed E-state index contributed by atoms with van der Waals surface area (Å²) < 4.78 is 23.7. The van der Waals surface area contributed by atoms with Crippen LogP contribution in [0.3, 0.4) is 0 Å². The number of nitrogens with one attached hydrogen (secondary N) is 1. The number of amides is 1. The molecule has 8 heteroatoms. The predicted molar refractivity (Wildman–Crippen MR) is 61.8 cm³/mol. The van der Waals surface area contributed by atoms with E-state index in [1.807, 2.05) is 0 Å². The van der Waals surface area contributed by atoms with E-state index in [1.165, 1.54) is 17.0 Å². The Hall–Kier alpha value is -1.83. The molecule has 7 nitrogen and oxygen atoms in total. The Balaban J connectivity index is 2.12. The number of aryl methyl sites for hydroxylation is 1. The Morgan fingerprint density at radius 2 is 2.35 bits per heavy atom. The molecule has 1 aromatic rings. The van der Waals surface area contributed by atoms with Gasteiger partial charge in [0.1, 0.15) is 5.69 Å². The van der Waals surface area contributed by atoms with Crippen LogP contribution >= 0.6 is 0 Å². The number of nitrogen functional groups attached to an aromatic ring is 1. The topological polar surface area (TPSA) is 107 Å². The zero-order valence-corrected chi connectivity index (χ0v) is 9.94. The molecule has 0 bridgehead atoms. The number of hydrogen-bond acceptors (Lipinski definition) is 5. The summed E-state index contributed by atoms with van der Waals surface area (Å²) in [6, 6.07) is -0.512. The molecule has 0 fully saturated rings. The molecular formula is C9H12N4O3S. The number of aromatic nitrogens is 2. The van der Waals surface area contributed by atoms with Crippen molar-refractivity contribution in [1.82, 2.24) is 15.1 Å². The lowest BCUT2D eigenvalue weighted by Gasteiger charge is -2.10. The SMILES string of the molecule is Cn1ncc(N)c1C(=O)NC1C=CS(=O)(=O)C1. The van der Waals surface area contributed by atoms with E-state index >= 15 is 0 Å². The monoisotopic (exact) mass is 256 g/mol. The molecule has 0 saturated heterocycles. The summed E-state index contributed by atoms with van der Waals surface area (Å²) in [6.07, 6.45) is 2.82. The minimum Gasteiger partial charge on any atom is -0.396 e. The molecule has 2 heterocycles. The van der Waals surface area contributed by atoms with Crippen molar-refractivity contribution >= 4 is 21.4 Å². The van der Waals surface area contributed by atoms with E-state index in [0.29, 0.717) is 0 Å². The van der Waals surface area contributed by atoms with E-state index in [9.17, 15) is 13.2 Å². The molecule has 0 aliphatic carbocycles. The Labute approximate surface area is 98.2 Å². The first-order valence-corrected chi connectivity index (χ1v) is 6.60. The first-order valence-electron chi connectivity index (χ1n) is 4.88. The molecule has 1 amide bonds. The van der Waals surface area contributed by atoms with Crippen molar-refractivity contribution in [2.24, 2.45) is 7.05 Å². The van der Waals surface area contributed by atoms with E-state index in [4.69, 9.17) is 5.73 Å². The molecule has 2 rings (SSSR count). The molecule has 1 unspecified atom stereocenters. The lowest BCUT2D eigenvalue weighted by molar-refractivity contribution is 0.0939. The van der Waals surface area contributed by atoms with Crippen LogP contribution in [0.15, 0.2) is 17.7 Å². The molecule has 0 spiro atoms. The van der Waals surface area contributed by atoms with Crippen LogP contribution in [-0.4, -0.2) is 35.9 Å². The van der Waals surface area contributed by atoms with Crippen LogP contribution in [-0.2, 0) is 16.9 Å². The van der Waals surface area contributed by atoms with Gasteiger partial charge in [-0.1, -0.05) is 0 Å². The van der Waals surface area contributed by atoms with Gasteiger partial charge in [-0.15, -0.1) is 0 Å². The first kappa shape index (κ1) is 11.6. The predicted octanol–water partition coefficient (Wildman–Crippen LogP) is -0.957. The summed E-state index contributed by atoms with van der Waals surface area (Å²) in [5, 5.41) is 7.51. The van der Waals surface area contributed by atoms with Crippen molar-refractivity contribution in [2.75, 3.05) is 11.5 Å². The minimum absolute atomic E-state index is 0.115. The van der Waals surface area contributed by atoms with E-state index < -0.39 is 21.8 Å². The van der Waals surface area contributed by atoms with Crippen molar-refractivity contribution in [3.8, 4) is 0 Å². The number of anilines is 1. The van der Waals surface area contributed by atoms with Crippen molar-refractivity contribution in [2.45, 2.75) is 6.04 Å². The van der Waals surface area contributed by atoms with E-state index in [1.54, 1.807) is 7.05 Å². The summed E-state index contributed by atoms with van der Waals surface area (Å²) in [4.78, 5) is 11.8. The average Bonchev–Trinajstić information content (AvgIpc) is 2.70. The Kier molecular flexibility index (Phi) is 2.66. The molecule has 0 aromatic carbocycles. The summed E-state index contributed by atoms with van der Waals surface area (Å²) >= 11 is 0. The maximum Gasteiger partial charge on any atom is 0.272 e. The van der Waals surface area contributed by atoms with Gasteiger partial charge in [-0.05, 0) is 6.08 Å². The molecular weight excluding hydrogens is 244 g/mol. The average molecular weight is 256 g/mol. The quantitative estimate of drug-likeness (QED) is 0.709. The molecule has 17 heavy (non-hydrogen) atoms. The Morgan fingerprint density at radius 1 is 1.65 bits per heavy atom. The number of sulfone groups is 1. The van der Waals surface area contributed by atoms with Crippen LogP contribution in [0.5, 0.6) is 0 Å². The summed E-state index contributed by atoms with van der Waals surface area (Å²) in [5.74, 6) is -0.550. The Morgan fingerprint density at radius 3 is 2.82 bits per heavy atom. The van der Waals surface area contributed by atoms with Gasteiger partial charge >= 0.3 is 0 Å². The standard InChI is InChI=1S/C9H12N4O3S/c1-13-8(7(10)4-11-13)9(14)12-6-2-3-17(15,16)5-6/h2-4,6H,5,10H2,1H3,(H,12,14).